The summed E-state index contributed by atoms with van der Waals surface area (Å²) in [6.07, 6.45) is -0.730. The minimum Gasteiger partial charge on any atom is -0.384 e. The summed E-state index contributed by atoms with van der Waals surface area (Å²) in [5.41, 5.74) is 2.02. The lowest BCUT2D eigenvalue weighted by Crippen LogP contribution is -2.00. The van der Waals surface area contributed by atoms with Crippen LogP contribution in [0.2, 0.25) is 0 Å². The molecule has 0 radical (unpaired) electrons. The second kappa shape index (κ2) is 4.98. The van der Waals surface area contributed by atoms with Gasteiger partial charge in [0.15, 0.2) is 0 Å². The molecule has 0 aliphatic heterocycles. The molecule has 0 spiro atoms. The third-order valence-corrected chi connectivity index (χ3v) is 3.16. The zero-order valence-corrected chi connectivity index (χ0v) is 10.9. The van der Waals surface area contributed by atoms with Crippen molar-refractivity contribution in [3.63, 3.8) is 0 Å². The molecule has 0 aromatic heterocycles. The summed E-state index contributed by atoms with van der Waals surface area (Å²) in [5.74, 6) is -0.254. The highest BCUT2D eigenvalue weighted by Crippen LogP contribution is 2.25. The molecule has 2 rings (SSSR count). The fourth-order valence-electron chi connectivity index (χ4n) is 1.71. The molecule has 1 N–H and O–H groups in total. The zero-order valence-electron chi connectivity index (χ0n) is 9.32. The van der Waals surface area contributed by atoms with Crippen LogP contribution in [0.5, 0.6) is 0 Å². The van der Waals surface area contributed by atoms with Gasteiger partial charge in [-0.05, 0) is 41.8 Å². The monoisotopic (exact) mass is 294 g/mol. The molecule has 0 bridgehead atoms. The fraction of sp³-hybridized carbons (Fsp3) is 0.143. The standard InChI is InChI=1S/C14H12BrFO/c1-9-7-11(5-6-13(9)16)14(17)10-3-2-4-12(15)8-10/h2-8,14,17H,1H3. The first-order valence-electron chi connectivity index (χ1n) is 5.27. The van der Waals surface area contributed by atoms with Crippen molar-refractivity contribution in [2.45, 2.75) is 13.0 Å². The second-order valence-corrected chi connectivity index (χ2v) is 4.88. The first kappa shape index (κ1) is 12.3. The van der Waals surface area contributed by atoms with E-state index >= 15 is 0 Å². The smallest absolute Gasteiger partial charge is 0.126 e. The molecular formula is C14H12BrFO. The highest BCUT2D eigenvalue weighted by atomic mass is 79.9. The predicted octanol–water partition coefficient (Wildman–Crippen LogP) is 3.98. The molecule has 2 aromatic rings. The van der Waals surface area contributed by atoms with Gasteiger partial charge in [-0.25, -0.2) is 4.39 Å². The minimum absolute atomic E-state index is 0.254. The number of aliphatic hydroxyl groups is 1. The maximum atomic E-state index is 13.1. The summed E-state index contributed by atoms with van der Waals surface area (Å²) in [6.45, 7) is 1.69. The van der Waals surface area contributed by atoms with Gasteiger partial charge in [-0.1, -0.05) is 40.2 Å². The van der Waals surface area contributed by atoms with Gasteiger partial charge in [-0.3, -0.25) is 0 Å². The van der Waals surface area contributed by atoms with Gasteiger partial charge in [-0.2, -0.15) is 0 Å². The predicted molar refractivity (Wildman–Crippen MR) is 69.3 cm³/mol. The summed E-state index contributed by atoms with van der Waals surface area (Å²) >= 11 is 3.36. The van der Waals surface area contributed by atoms with Gasteiger partial charge in [0.2, 0.25) is 0 Å². The van der Waals surface area contributed by atoms with Gasteiger partial charge < -0.3 is 5.11 Å². The zero-order chi connectivity index (χ0) is 12.4. The van der Waals surface area contributed by atoms with E-state index in [0.29, 0.717) is 11.1 Å². The van der Waals surface area contributed by atoms with Crippen molar-refractivity contribution < 1.29 is 9.50 Å². The molecule has 0 saturated heterocycles. The van der Waals surface area contributed by atoms with E-state index in [9.17, 15) is 9.50 Å². The van der Waals surface area contributed by atoms with Gasteiger partial charge in [0, 0.05) is 4.47 Å². The highest BCUT2D eigenvalue weighted by molar-refractivity contribution is 9.10. The quantitative estimate of drug-likeness (QED) is 0.888. The number of aryl methyl sites for hydroxylation is 1. The van der Waals surface area contributed by atoms with Crippen LogP contribution in [0.4, 0.5) is 4.39 Å². The minimum atomic E-state index is -0.730. The van der Waals surface area contributed by atoms with Crippen molar-refractivity contribution in [1.29, 1.82) is 0 Å². The Morgan fingerprint density at radius 1 is 1.12 bits per heavy atom. The first-order valence-corrected chi connectivity index (χ1v) is 6.07. The third-order valence-electron chi connectivity index (χ3n) is 2.66. The lowest BCUT2D eigenvalue weighted by Gasteiger charge is -2.12. The Balaban J connectivity index is 2.36. The first-order chi connectivity index (χ1) is 8.08. The normalized spacial score (nSPS) is 12.5. The van der Waals surface area contributed by atoms with Crippen molar-refractivity contribution in [3.05, 3.63) is 69.4 Å². The molecule has 0 heterocycles. The molecule has 0 fully saturated rings. The molecule has 0 aliphatic carbocycles. The summed E-state index contributed by atoms with van der Waals surface area (Å²) in [5, 5.41) is 10.2. The summed E-state index contributed by atoms with van der Waals surface area (Å²) in [6, 6.07) is 12.1. The summed E-state index contributed by atoms with van der Waals surface area (Å²) in [4.78, 5) is 0. The molecular weight excluding hydrogens is 283 g/mol. The lowest BCUT2D eigenvalue weighted by molar-refractivity contribution is 0.220. The van der Waals surface area contributed by atoms with Crippen LogP contribution in [-0.2, 0) is 0 Å². The average Bonchev–Trinajstić information content (AvgIpc) is 2.32. The number of aliphatic hydroxyl groups excluding tert-OH is 1. The largest absolute Gasteiger partial charge is 0.384 e. The molecule has 1 nitrogen and oxygen atoms in total. The van der Waals surface area contributed by atoms with Gasteiger partial charge in [0.05, 0.1) is 0 Å². The Morgan fingerprint density at radius 2 is 1.82 bits per heavy atom. The van der Waals surface area contributed by atoms with Gasteiger partial charge >= 0.3 is 0 Å². The van der Waals surface area contributed by atoms with Crippen LogP contribution >= 0.6 is 15.9 Å². The fourth-order valence-corrected chi connectivity index (χ4v) is 2.12. The molecule has 2 aromatic carbocycles. The molecule has 88 valence electrons. The number of hydrogen-bond donors (Lipinski definition) is 1. The molecule has 1 atom stereocenters. The molecule has 0 aliphatic rings. The van der Waals surface area contributed by atoms with E-state index in [-0.39, 0.29) is 5.82 Å². The highest BCUT2D eigenvalue weighted by Gasteiger charge is 2.11. The van der Waals surface area contributed by atoms with Gasteiger partial charge in [-0.15, -0.1) is 0 Å². The number of benzene rings is 2. The summed E-state index contributed by atoms with van der Waals surface area (Å²) in [7, 11) is 0. The molecule has 0 amide bonds. The Kier molecular flexibility index (Phi) is 3.60. The van der Waals surface area contributed by atoms with E-state index in [1.165, 1.54) is 6.07 Å². The number of halogens is 2. The maximum absolute atomic E-state index is 13.1. The van der Waals surface area contributed by atoms with Gasteiger partial charge in [0.25, 0.3) is 0 Å². The van der Waals surface area contributed by atoms with Crippen LogP contribution < -0.4 is 0 Å². The summed E-state index contributed by atoms with van der Waals surface area (Å²) < 4.78 is 14.0. The van der Waals surface area contributed by atoms with Gasteiger partial charge in [0.1, 0.15) is 11.9 Å². The maximum Gasteiger partial charge on any atom is 0.126 e. The van der Waals surface area contributed by atoms with Crippen LogP contribution in [-0.4, -0.2) is 5.11 Å². The molecule has 17 heavy (non-hydrogen) atoms. The Bertz CT molecular complexity index is 539. The molecule has 1 unspecified atom stereocenters. The molecule has 0 saturated carbocycles. The van der Waals surface area contributed by atoms with Crippen LogP contribution in [0.25, 0.3) is 0 Å². The van der Waals surface area contributed by atoms with E-state index in [1.54, 1.807) is 19.1 Å². The van der Waals surface area contributed by atoms with E-state index in [2.05, 4.69) is 15.9 Å². The Labute approximate surface area is 108 Å². The van der Waals surface area contributed by atoms with Crippen LogP contribution in [0.3, 0.4) is 0 Å². The van der Waals surface area contributed by atoms with Crippen molar-refractivity contribution in [3.8, 4) is 0 Å². The SMILES string of the molecule is Cc1cc(C(O)c2cccc(Br)c2)ccc1F. The topological polar surface area (TPSA) is 20.2 Å². The second-order valence-electron chi connectivity index (χ2n) is 3.97. The number of rotatable bonds is 2. The third kappa shape index (κ3) is 2.73. The molecule has 3 heteroatoms. The van der Waals surface area contributed by atoms with Crippen LogP contribution in [0, 0.1) is 12.7 Å². The van der Waals surface area contributed by atoms with Crippen LogP contribution in [0.15, 0.2) is 46.9 Å². The van der Waals surface area contributed by atoms with Crippen molar-refractivity contribution in [1.82, 2.24) is 0 Å². The van der Waals surface area contributed by atoms with Crippen molar-refractivity contribution >= 4 is 15.9 Å². The van der Waals surface area contributed by atoms with E-state index in [4.69, 9.17) is 0 Å². The number of hydrogen-bond acceptors (Lipinski definition) is 1. The van der Waals surface area contributed by atoms with Crippen molar-refractivity contribution in [2.24, 2.45) is 0 Å². The average molecular weight is 295 g/mol. The Hall–Kier alpha value is -1.19. The van der Waals surface area contributed by atoms with E-state index < -0.39 is 6.10 Å². The van der Waals surface area contributed by atoms with Crippen LogP contribution in [0.1, 0.15) is 22.8 Å². The Morgan fingerprint density at radius 3 is 2.47 bits per heavy atom. The lowest BCUT2D eigenvalue weighted by atomic mass is 10.00. The van der Waals surface area contributed by atoms with E-state index in [0.717, 1.165) is 10.0 Å². The van der Waals surface area contributed by atoms with Crippen molar-refractivity contribution in [2.75, 3.05) is 0 Å². The van der Waals surface area contributed by atoms with E-state index in [1.807, 2.05) is 24.3 Å².